The maximum absolute atomic E-state index is 13.1. The number of carbonyl (C=O) groups is 2. The van der Waals surface area contributed by atoms with Gasteiger partial charge in [0.15, 0.2) is 0 Å². The fourth-order valence-electron chi connectivity index (χ4n) is 4.02. The molecule has 11 heteroatoms. The van der Waals surface area contributed by atoms with Crippen LogP contribution < -0.4 is 4.74 Å². The maximum atomic E-state index is 13.1. The lowest BCUT2D eigenvalue weighted by Crippen LogP contribution is -2.38. The molecule has 4 rings (SSSR count). The van der Waals surface area contributed by atoms with E-state index in [2.05, 4.69) is 4.90 Å². The number of thioether (sulfide) groups is 1. The van der Waals surface area contributed by atoms with E-state index in [4.69, 9.17) is 50.0 Å². The second-order valence-electron chi connectivity index (χ2n) is 8.54. The molecular formula is C26H26Cl2N2O5S2. The minimum Gasteiger partial charge on any atom is -0.492 e. The Morgan fingerprint density at radius 3 is 2.54 bits per heavy atom. The molecule has 2 aliphatic rings. The molecular weight excluding hydrogens is 555 g/mol. The summed E-state index contributed by atoms with van der Waals surface area (Å²) in [6.07, 6.45) is 2.08. The van der Waals surface area contributed by atoms with Crippen molar-refractivity contribution in [3.63, 3.8) is 0 Å². The van der Waals surface area contributed by atoms with Crippen LogP contribution in [-0.2, 0) is 14.3 Å². The Balaban J connectivity index is 1.58. The number of hydrogen-bond donors (Lipinski definition) is 1. The van der Waals surface area contributed by atoms with Crippen molar-refractivity contribution in [3.05, 3.63) is 56.9 Å². The molecule has 1 amide bonds. The van der Waals surface area contributed by atoms with Crippen molar-refractivity contribution in [2.45, 2.75) is 12.8 Å². The molecule has 0 saturated carbocycles. The van der Waals surface area contributed by atoms with E-state index in [-0.39, 0.29) is 18.9 Å². The van der Waals surface area contributed by atoms with Crippen LogP contribution in [0.1, 0.15) is 18.4 Å². The van der Waals surface area contributed by atoms with Crippen molar-refractivity contribution in [3.8, 4) is 16.9 Å². The third kappa shape index (κ3) is 7.69. The summed E-state index contributed by atoms with van der Waals surface area (Å²) in [5, 5.41) is 9.96. The van der Waals surface area contributed by atoms with Crippen molar-refractivity contribution in [2.75, 3.05) is 46.0 Å². The van der Waals surface area contributed by atoms with Crippen molar-refractivity contribution >= 4 is 69.5 Å². The summed E-state index contributed by atoms with van der Waals surface area (Å²) in [5.74, 6) is -0.505. The van der Waals surface area contributed by atoms with Crippen LogP contribution >= 0.6 is 47.2 Å². The van der Waals surface area contributed by atoms with E-state index in [1.165, 1.54) is 16.7 Å². The molecule has 1 N–H and O–H groups in total. The number of rotatable bonds is 10. The monoisotopic (exact) mass is 580 g/mol. The molecule has 2 fully saturated rings. The molecule has 0 aliphatic carbocycles. The van der Waals surface area contributed by atoms with Crippen LogP contribution in [0.5, 0.6) is 5.75 Å². The molecule has 2 aromatic carbocycles. The SMILES string of the molecule is O=C(O)CCCN1C(=O)C(=Cc2cc(-c3cc(Cl)cc(Cl)c3)ccc2OCCN2CCOCC2)SC1=S. The highest BCUT2D eigenvalue weighted by molar-refractivity contribution is 8.26. The van der Waals surface area contributed by atoms with Crippen LogP contribution in [0.25, 0.3) is 17.2 Å². The lowest BCUT2D eigenvalue weighted by atomic mass is 10.0. The molecule has 0 radical (unpaired) electrons. The Bertz CT molecular complexity index is 1200. The van der Waals surface area contributed by atoms with Gasteiger partial charge in [0.2, 0.25) is 0 Å². The lowest BCUT2D eigenvalue weighted by Gasteiger charge is -2.26. The zero-order valence-corrected chi connectivity index (χ0v) is 23.1. The normalized spacial score (nSPS) is 17.6. The summed E-state index contributed by atoms with van der Waals surface area (Å²) in [6.45, 7) is 4.69. The zero-order valence-electron chi connectivity index (χ0n) is 20.0. The van der Waals surface area contributed by atoms with Gasteiger partial charge >= 0.3 is 5.97 Å². The van der Waals surface area contributed by atoms with Crippen molar-refractivity contribution in [1.82, 2.24) is 9.80 Å². The fraction of sp³-hybridized carbons (Fsp3) is 0.346. The van der Waals surface area contributed by atoms with Crippen LogP contribution in [0.15, 0.2) is 41.3 Å². The van der Waals surface area contributed by atoms with E-state index < -0.39 is 5.97 Å². The highest BCUT2D eigenvalue weighted by Gasteiger charge is 2.32. The molecule has 0 aromatic heterocycles. The van der Waals surface area contributed by atoms with Gasteiger partial charge in [0.1, 0.15) is 16.7 Å². The first-order chi connectivity index (χ1) is 17.8. The van der Waals surface area contributed by atoms with Crippen LogP contribution in [0.4, 0.5) is 0 Å². The van der Waals surface area contributed by atoms with Gasteiger partial charge < -0.3 is 14.6 Å². The van der Waals surface area contributed by atoms with E-state index in [9.17, 15) is 9.59 Å². The van der Waals surface area contributed by atoms with Crippen molar-refractivity contribution < 1.29 is 24.2 Å². The summed E-state index contributed by atoms with van der Waals surface area (Å²) in [7, 11) is 0. The van der Waals surface area contributed by atoms with Gasteiger partial charge in [-0.3, -0.25) is 19.4 Å². The third-order valence-corrected chi connectivity index (χ3v) is 7.72. The molecule has 2 aliphatic heterocycles. The summed E-state index contributed by atoms with van der Waals surface area (Å²) in [5.41, 5.74) is 2.43. The first-order valence-corrected chi connectivity index (χ1v) is 13.8. The number of aliphatic carboxylic acids is 1. The number of carboxylic acids is 1. The van der Waals surface area contributed by atoms with E-state index in [1.54, 1.807) is 12.1 Å². The first kappa shape index (κ1) is 27.9. The van der Waals surface area contributed by atoms with E-state index in [0.29, 0.717) is 38.0 Å². The second kappa shape index (κ2) is 13.1. The number of halogens is 2. The van der Waals surface area contributed by atoms with Gasteiger partial charge in [0.05, 0.1) is 18.1 Å². The predicted molar refractivity (Wildman–Crippen MR) is 151 cm³/mol. The Morgan fingerprint density at radius 1 is 1.11 bits per heavy atom. The number of amides is 1. The second-order valence-corrected chi connectivity index (χ2v) is 11.1. The van der Waals surface area contributed by atoms with E-state index in [0.717, 1.165) is 49.5 Å². The third-order valence-electron chi connectivity index (χ3n) is 5.91. The quantitative estimate of drug-likeness (QED) is 0.294. The Morgan fingerprint density at radius 2 is 1.84 bits per heavy atom. The number of carbonyl (C=O) groups excluding carboxylic acids is 1. The van der Waals surface area contributed by atoms with Gasteiger partial charge in [-0.2, -0.15) is 0 Å². The average Bonchev–Trinajstić information content (AvgIpc) is 3.12. The molecule has 0 atom stereocenters. The first-order valence-electron chi connectivity index (χ1n) is 11.8. The topological polar surface area (TPSA) is 79.3 Å². The van der Waals surface area contributed by atoms with E-state index >= 15 is 0 Å². The van der Waals surface area contributed by atoms with Crippen molar-refractivity contribution in [1.29, 1.82) is 0 Å². The van der Waals surface area contributed by atoms with Crippen LogP contribution in [-0.4, -0.2) is 77.1 Å². The van der Waals surface area contributed by atoms with Gasteiger partial charge in [-0.15, -0.1) is 0 Å². The largest absolute Gasteiger partial charge is 0.492 e. The van der Waals surface area contributed by atoms with Gasteiger partial charge in [0, 0.05) is 48.2 Å². The minimum atomic E-state index is -0.905. The highest BCUT2D eigenvalue weighted by atomic mass is 35.5. The van der Waals surface area contributed by atoms with Crippen LogP contribution in [0.2, 0.25) is 10.0 Å². The summed E-state index contributed by atoms with van der Waals surface area (Å²) in [6, 6.07) is 11.1. The van der Waals surface area contributed by atoms with Gasteiger partial charge in [-0.25, -0.2) is 0 Å². The van der Waals surface area contributed by atoms with Crippen LogP contribution in [0.3, 0.4) is 0 Å². The maximum Gasteiger partial charge on any atom is 0.303 e. The molecule has 2 heterocycles. The van der Waals surface area contributed by atoms with Crippen molar-refractivity contribution in [2.24, 2.45) is 0 Å². The number of benzene rings is 2. The summed E-state index contributed by atoms with van der Waals surface area (Å²) < 4.78 is 12.0. The summed E-state index contributed by atoms with van der Waals surface area (Å²) in [4.78, 5) is 28.1. The molecule has 0 bridgehead atoms. The molecule has 2 saturated heterocycles. The molecule has 2 aromatic rings. The lowest BCUT2D eigenvalue weighted by molar-refractivity contribution is -0.137. The van der Waals surface area contributed by atoms with Gasteiger partial charge in [-0.05, 0) is 54.0 Å². The fourth-order valence-corrected chi connectivity index (χ4v) is 5.85. The smallest absolute Gasteiger partial charge is 0.303 e. The standard InChI is InChI=1S/C26H26Cl2N2O5S2/c27-20-13-18(14-21(28)16-20)17-3-4-22(35-11-8-29-6-9-34-10-7-29)19(12-17)15-23-25(33)30(26(36)37-23)5-1-2-24(31)32/h3-4,12-16H,1-2,5-11H2,(H,31,32). The predicted octanol–water partition coefficient (Wildman–Crippen LogP) is 5.44. The molecule has 37 heavy (non-hydrogen) atoms. The number of morpholine rings is 1. The zero-order chi connectivity index (χ0) is 26.4. The molecule has 7 nitrogen and oxygen atoms in total. The molecule has 0 unspecified atom stereocenters. The molecule has 0 spiro atoms. The Kier molecular flexibility index (Phi) is 9.86. The molecule has 196 valence electrons. The number of thiocarbonyl (C=S) groups is 1. The highest BCUT2D eigenvalue weighted by Crippen LogP contribution is 2.36. The number of ether oxygens (including phenoxy) is 2. The average molecular weight is 582 g/mol. The van der Waals surface area contributed by atoms with Gasteiger partial charge in [0.25, 0.3) is 5.91 Å². The number of carboxylic acid groups (broad SMARTS) is 1. The van der Waals surface area contributed by atoms with Gasteiger partial charge in [-0.1, -0.05) is 53.2 Å². The Labute approximate surface area is 235 Å². The van der Waals surface area contributed by atoms with E-state index in [1.807, 2.05) is 30.3 Å². The Hall–Kier alpha value is -2.14. The number of hydrogen-bond acceptors (Lipinski definition) is 7. The number of nitrogens with zero attached hydrogens (tertiary/aromatic N) is 2. The minimum absolute atomic E-state index is 0.0263. The van der Waals surface area contributed by atoms with Crippen LogP contribution in [0, 0.1) is 0 Å². The summed E-state index contributed by atoms with van der Waals surface area (Å²) >= 11 is 19.0.